The fourth-order valence-corrected chi connectivity index (χ4v) is 2.25. The molecule has 0 bridgehead atoms. The molecular weight excluding hydrogens is 258 g/mol. The van der Waals surface area contributed by atoms with E-state index in [1.807, 2.05) is 12.3 Å². The molecule has 0 spiro atoms. The Morgan fingerprint density at radius 3 is 2.58 bits per heavy atom. The molecule has 2 aromatic rings. The maximum absolute atomic E-state index is 5.83. The minimum Gasteiger partial charge on any atom is -0.384 e. The van der Waals surface area contributed by atoms with Crippen LogP contribution in [0.1, 0.15) is 37.3 Å². The van der Waals surface area contributed by atoms with Crippen LogP contribution in [0.2, 0.25) is 0 Å². The first kappa shape index (κ1) is 13.7. The van der Waals surface area contributed by atoms with Crippen molar-refractivity contribution in [3.05, 3.63) is 28.0 Å². The molecule has 0 atom stereocenters. The predicted octanol–water partition coefficient (Wildman–Crippen LogP) is 2.73. The largest absolute Gasteiger partial charge is 0.384 e. The van der Waals surface area contributed by atoms with Crippen molar-refractivity contribution in [2.75, 3.05) is 11.1 Å². The third kappa shape index (κ3) is 3.64. The van der Waals surface area contributed by atoms with Gasteiger partial charge in [0.05, 0.1) is 6.54 Å². The molecule has 0 aliphatic carbocycles. The number of aryl methyl sites for hydroxylation is 1. The van der Waals surface area contributed by atoms with Gasteiger partial charge in [0, 0.05) is 22.6 Å². The summed E-state index contributed by atoms with van der Waals surface area (Å²) >= 11 is 1.63. The second-order valence-electron chi connectivity index (χ2n) is 5.49. The Kier molecular flexibility index (Phi) is 3.71. The standard InChI is InChI=1S/C13H19N5S/c1-8-7-19-11(16-8)6-15-10-5-9(14)17-12(18-10)13(2,3)4/h5,7H,6H2,1-4H3,(H3,14,15,17,18). The van der Waals surface area contributed by atoms with E-state index in [0.29, 0.717) is 12.4 Å². The summed E-state index contributed by atoms with van der Waals surface area (Å²) in [7, 11) is 0. The Morgan fingerprint density at radius 1 is 1.26 bits per heavy atom. The molecule has 2 aromatic heterocycles. The minimum absolute atomic E-state index is 0.121. The Balaban J connectivity index is 2.14. The van der Waals surface area contributed by atoms with Crippen molar-refractivity contribution < 1.29 is 0 Å². The van der Waals surface area contributed by atoms with Gasteiger partial charge in [-0.25, -0.2) is 15.0 Å². The number of nitrogens with two attached hydrogens (primary N) is 1. The van der Waals surface area contributed by atoms with Gasteiger partial charge in [-0.05, 0) is 6.92 Å². The van der Waals surface area contributed by atoms with Crippen molar-refractivity contribution in [2.24, 2.45) is 0 Å². The van der Waals surface area contributed by atoms with E-state index in [-0.39, 0.29) is 5.41 Å². The maximum Gasteiger partial charge on any atom is 0.138 e. The lowest BCUT2D eigenvalue weighted by Crippen LogP contribution is -2.18. The Morgan fingerprint density at radius 2 is 2.00 bits per heavy atom. The van der Waals surface area contributed by atoms with E-state index in [2.05, 4.69) is 41.0 Å². The molecule has 2 heterocycles. The minimum atomic E-state index is -0.121. The zero-order valence-electron chi connectivity index (χ0n) is 11.7. The van der Waals surface area contributed by atoms with Crippen molar-refractivity contribution in [3.63, 3.8) is 0 Å². The normalized spacial score (nSPS) is 11.6. The number of thiazole rings is 1. The number of nitrogens with zero attached hydrogens (tertiary/aromatic N) is 3. The number of anilines is 2. The highest BCUT2D eigenvalue weighted by Crippen LogP contribution is 2.21. The van der Waals surface area contributed by atoms with Crippen LogP contribution in [0, 0.1) is 6.92 Å². The molecule has 0 saturated carbocycles. The highest BCUT2D eigenvalue weighted by Gasteiger charge is 2.18. The fraction of sp³-hybridized carbons (Fsp3) is 0.462. The van der Waals surface area contributed by atoms with Gasteiger partial charge in [-0.3, -0.25) is 0 Å². The highest BCUT2D eigenvalue weighted by atomic mass is 32.1. The lowest BCUT2D eigenvalue weighted by molar-refractivity contribution is 0.547. The summed E-state index contributed by atoms with van der Waals surface area (Å²) in [6, 6.07) is 1.75. The summed E-state index contributed by atoms with van der Waals surface area (Å²) in [6.07, 6.45) is 0. The average Bonchev–Trinajstić information content (AvgIpc) is 2.71. The van der Waals surface area contributed by atoms with E-state index in [1.165, 1.54) is 0 Å². The third-order valence-electron chi connectivity index (χ3n) is 2.50. The van der Waals surface area contributed by atoms with Gasteiger partial charge >= 0.3 is 0 Å². The van der Waals surface area contributed by atoms with Gasteiger partial charge in [0.15, 0.2) is 0 Å². The van der Waals surface area contributed by atoms with Gasteiger partial charge in [0.25, 0.3) is 0 Å². The summed E-state index contributed by atoms with van der Waals surface area (Å²) in [5, 5.41) is 6.31. The van der Waals surface area contributed by atoms with E-state index in [1.54, 1.807) is 17.4 Å². The first-order valence-electron chi connectivity index (χ1n) is 6.14. The monoisotopic (exact) mass is 277 g/mol. The van der Waals surface area contributed by atoms with Gasteiger partial charge < -0.3 is 11.1 Å². The average molecular weight is 277 g/mol. The number of rotatable bonds is 3. The van der Waals surface area contributed by atoms with Crippen molar-refractivity contribution in [3.8, 4) is 0 Å². The van der Waals surface area contributed by atoms with Crippen LogP contribution >= 0.6 is 11.3 Å². The molecular formula is C13H19N5S. The van der Waals surface area contributed by atoms with Crippen molar-refractivity contribution in [1.29, 1.82) is 0 Å². The maximum atomic E-state index is 5.83. The van der Waals surface area contributed by atoms with Crippen LogP contribution in [0.15, 0.2) is 11.4 Å². The Bertz CT molecular complexity index is 571. The molecule has 0 fully saturated rings. The summed E-state index contributed by atoms with van der Waals surface area (Å²) in [4.78, 5) is 13.2. The zero-order valence-corrected chi connectivity index (χ0v) is 12.5. The molecule has 2 rings (SSSR count). The Labute approximate surface area is 117 Å². The summed E-state index contributed by atoms with van der Waals surface area (Å²) in [6.45, 7) is 8.83. The van der Waals surface area contributed by atoms with Crippen LogP contribution in [0.3, 0.4) is 0 Å². The molecule has 0 unspecified atom stereocenters. The van der Waals surface area contributed by atoms with Crippen LogP contribution in [-0.2, 0) is 12.0 Å². The molecule has 5 nitrogen and oxygen atoms in total. The van der Waals surface area contributed by atoms with Crippen LogP contribution in [0.5, 0.6) is 0 Å². The first-order valence-corrected chi connectivity index (χ1v) is 7.02. The number of hydrogen-bond donors (Lipinski definition) is 2. The molecule has 0 amide bonds. The fourth-order valence-electron chi connectivity index (χ4n) is 1.54. The molecule has 0 radical (unpaired) electrons. The summed E-state index contributed by atoms with van der Waals surface area (Å²) in [5.41, 5.74) is 6.74. The van der Waals surface area contributed by atoms with Crippen molar-refractivity contribution in [2.45, 2.75) is 39.7 Å². The molecule has 0 aromatic carbocycles. The lowest BCUT2D eigenvalue weighted by atomic mass is 9.96. The number of nitrogens with one attached hydrogen (secondary N) is 1. The van der Waals surface area contributed by atoms with Gasteiger partial charge in [-0.2, -0.15) is 0 Å². The smallest absolute Gasteiger partial charge is 0.138 e. The molecule has 0 saturated heterocycles. The van der Waals surface area contributed by atoms with Gasteiger partial charge in [0.2, 0.25) is 0 Å². The SMILES string of the molecule is Cc1csc(CNc2cc(N)nc(C(C)(C)C)n2)n1. The second kappa shape index (κ2) is 5.13. The molecule has 6 heteroatoms. The van der Waals surface area contributed by atoms with Crippen molar-refractivity contribution >= 4 is 23.0 Å². The molecule has 102 valence electrons. The van der Waals surface area contributed by atoms with E-state index in [9.17, 15) is 0 Å². The number of aromatic nitrogens is 3. The molecule has 3 N–H and O–H groups in total. The third-order valence-corrected chi connectivity index (χ3v) is 3.47. The molecule has 19 heavy (non-hydrogen) atoms. The zero-order chi connectivity index (χ0) is 14.0. The number of nitrogen functional groups attached to an aromatic ring is 1. The first-order chi connectivity index (χ1) is 8.84. The molecule has 0 aliphatic heterocycles. The summed E-state index contributed by atoms with van der Waals surface area (Å²) < 4.78 is 0. The predicted molar refractivity (Wildman–Crippen MR) is 79.3 cm³/mol. The van der Waals surface area contributed by atoms with E-state index in [4.69, 9.17) is 5.73 Å². The van der Waals surface area contributed by atoms with Crippen LogP contribution < -0.4 is 11.1 Å². The Hall–Kier alpha value is -1.69. The second-order valence-corrected chi connectivity index (χ2v) is 6.43. The molecule has 0 aliphatic rings. The van der Waals surface area contributed by atoms with Crippen molar-refractivity contribution in [1.82, 2.24) is 15.0 Å². The topological polar surface area (TPSA) is 76.7 Å². The summed E-state index contributed by atoms with van der Waals surface area (Å²) in [5.74, 6) is 1.97. The van der Waals surface area contributed by atoms with E-state index < -0.39 is 0 Å². The quantitative estimate of drug-likeness (QED) is 0.902. The van der Waals surface area contributed by atoms with Crippen LogP contribution in [0.25, 0.3) is 0 Å². The van der Waals surface area contributed by atoms with Crippen LogP contribution in [0.4, 0.5) is 11.6 Å². The van der Waals surface area contributed by atoms with Gasteiger partial charge in [0.1, 0.15) is 22.5 Å². The van der Waals surface area contributed by atoms with Gasteiger partial charge in [-0.1, -0.05) is 20.8 Å². The highest BCUT2D eigenvalue weighted by molar-refractivity contribution is 7.09. The van der Waals surface area contributed by atoms with E-state index >= 15 is 0 Å². The van der Waals surface area contributed by atoms with E-state index in [0.717, 1.165) is 22.3 Å². The van der Waals surface area contributed by atoms with Crippen LogP contribution in [-0.4, -0.2) is 15.0 Å². The van der Waals surface area contributed by atoms with Gasteiger partial charge in [-0.15, -0.1) is 11.3 Å². The number of hydrogen-bond acceptors (Lipinski definition) is 6. The lowest BCUT2D eigenvalue weighted by Gasteiger charge is -2.17.